The number of carbonyl (C=O) groups excluding carboxylic acids is 2. The van der Waals surface area contributed by atoms with E-state index < -0.39 is 23.3 Å². The number of hydrogen-bond donors (Lipinski definition) is 2. The highest BCUT2D eigenvalue weighted by Gasteiger charge is 2.50. The first-order valence-electron chi connectivity index (χ1n) is 8.19. The summed E-state index contributed by atoms with van der Waals surface area (Å²) in [5.74, 6) is 0. The molecular weight excluding hydrogens is 308 g/mol. The molecule has 6 heteroatoms. The van der Waals surface area contributed by atoms with Gasteiger partial charge >= 0.3 is 12.2 Å². The molecule has 0 radical (unpaired) electrons. The van der Waals surface area contributed by atoms with Crippen molar-refractivity contribution < 1.29 is 19.1 Å². The first-order valence-corrected chi connectivity index (χ1v) is 8.19. The van der Waals surface area contributed by atoms with Crippen LogP contribution in [-0.2, 0) is 16.1 Å². The van der Waals surface area contributed by atoms with E-state index in [4.69, 9.17) is 9.47 Å². The van der Waals surface area contributed by atoms with Gasteiger partial charge in [-0.3, -0.25) is 0 Å². The normalized spacial score (nSPS) is 16.7. The van der Waals surface area contributed by atoms with Crippen molar-refractivity contribution in [3.63, 3.8) is 0 Å². The second-order valence-electron chi connectivity index (χ2n) is 7.21. The van der Waals surface area contributed by atoms with Gasteiger partial charge < -0.3 is 20.1 Å². The molecule has 1 aromatic carbocycles. The minimum absolute atomic E-state index is 0.219. The molecule has 0 aliphatic heterocycles. The van der Waals surface area contributed by atoms with Crippen molar-refractivity contribution in [2.75, 3.05) is 0 Å². The summed E-state index contributed by atoms with van der Waals surface area (Å²) in [7, 11) is 0. The molecule has 0 saturated heterocycles. The van der Waals surface area contributed by atoms with Crippen molar-refractivity contribution in [2.45, 2.75) is 64.3 Å². The lowest BCUT2D eigenvalue weighted by Gasteiger charge is -2.27. The second kappa shape index (κ2) is 7.11. The Bertz CT molecular complexity index is 576. The molecule has 0 spiro atoms. The Balaban J connectivity index is 1.80. The largest absolute Gasteiger partial charge is 0.445 e. The number of amides is 2. The van der Waals surface area contributed by atoms with Gasteiger partial charge in [-0.25, -0.2) is 9.59 Å². The molecule has 2 amide bonds. The van der Waals surface area contributed by atoms with Crippen LogP contribution in [0.25, 0.3) is 0 Å². The third kappa shape index (κ3) is 5.44. The van der Waals surface area contributed by atoms with E-state index in [-0.39, 0.29) is 12.6 Å². The summed E-state index contributed by atoms with van der Waals surface area (Å²) < 4.78 is 10.5. The average molecular weight is 334 g/mol. The van der Waals surface area contributed by atoms with Gasteiger partial charge in [-0.1, -0.05) is 30.3 Å². The lowest BCUT2D eigenvalue weighted by Crippen LogP contribution is -2.53. The van der Waals surface area contributed by atoms with Gasteiger partial charge in [-0.2, -0.15) is 0 Å². The van der Waals surface area contributed by atoms with Crippen LogP contribution in [0, 0.1) is 0 Å². The van der Waals surface area contributed by atoms with E-state index in [1.807, 2.05) is 58.0 Å². The summed E-state index contributed by atoms with van der Waals surface area (Å²) in [4.78, 5) is 23.9. The predicted molar refractivity (Wildman–Crippen MR) is 90.6 cm³/mol. The first-order chi connectivity index (χ1) is 11.2. The highest BCUT2D eigenvalue weighted by molar-refractivity contribution is 5.71. The number of nitrogens with one attached hydrogen (secondary N) is 2. The maximum atomic E-state index is 12.0. The molecule has 132 valence electrons. The second-order valence-corrected chi connectivity index (χ2v) is 7.21. The smallest absolute Gasteiger partial charge is 0.407 e. The summed E-state index contributed by atoms with van der Waals surface area (Å²) in [6.45, 7) is 7.50. The van der Waals surface area contributed by atoms with Crippen molar-refractivity contribution >= 4 is 12.2 Å². The molecule has 0 bridgehead atoms. The third-order valence-electron chi connectivity index (χ3n) is 3.91. The van der Waals surface area contributed by atoms with Crippen LogP contribution in [0.3, 0.4) is 0 Å². The van der Waals surface area contributed by atoms with Crippen LogP contribution in [0.4, 0.5) is 9.59 Å². The first kappa shape index (κ1) is 18.1. The van der Waals surface area contributed by atoms with Crippen molar-refractivity contribution in [1.82, 2.24) is 10.6 Å². The summed E-state index contributed by atoms with van der Waals surface area (Å²) in [5, 5.41) is 5.66. The Morgan fingerprint density at radius 3 is 2.33 bits per heavy atom. The standard InChI is InChI=1S/C18H26N2O4/c1-13(19-15(21)24-17(2,3)4)18(10-11-18)20-16(22)23-12-14-8-6-5-7-9-14/h5-9,13H,10-12H2,1-4H3,(H,19,21)(H,20,22)/t13-/m1/s1. The van der Waals surface area contributed by atoms with Crippen LogP contribution < -0.4 is 10.6 Å². The number of hydrogen-bond acceptors (Lipinski definition) is 4. The number of alkyl carbamates (subject to hydrolysis) is 2. The van der Waals surface area contributed by atoms with Gasteiger partial charge in [0.1, 0.15) is 12.2 Å². The maximum Gasteiger partial charge on any atom is 0.407 e. The highest BCUT2D eigenvalue weighted by Crippen LogP contribution is 2.38. The molecular formula is C18H26N2O4. The Labute approximate surface area is 142 Å². The Kier molecular flexibility index (Phi) is 5.36. The number of carbonyl (C=O) groups is 2. The summed E-state index contributed by atoms with van der Waals surface area (Å²) in [6, 6.07) is 9.25. The molecule has 1 atom stereocenters. The Morgan fingerprint density at radius 2 is 1.79 bits per heavy atom. The Morgan fingerprint density at radius 1 is 1.17 bits per heavy atom. The molecule has 0 unspecified atom stereocenters. The van der Waals surface area contributed by atoms with E-state index in [9.17, 15) is 9.59 Å². The monoisotopic (exact) mass is 334 g/mol. The predicted octanol–water partition coefficient (Wildman–Crippen LogP) is 3.36. The Hall–Kier alpha value is -2.24. The molecule has 1 aromatic rings. The van der Waals surface area contributed by atoms with Crippen LogP contribution in [0.1, 0.15) is 46.1 Å². The lowest BCUT2D eigenvalue weighted by molar-refractivity contribution is 0.0490. The zero-order valence-electron chi connectivity index (χ0n) is 14.7. The molecule has 1 aliphatic carbocycles. The van der Waals surface area contributed by atoms with Crippen LogP contribution in [0.5, 0.6) is 0 Å². The van der Waals surface area contributed by atoms with Crippen molar-refractivity contribution in [1.29, 1.82) is 0 Å². The van der Waals surface area contributed by atoms with E-state index in [1.54, 1.807) is 0 Å². The van der Waals surface area contributed by atoms with Gasteiger partial charge in [-0.05, 0) is 46.1 Å². The molecule has 1 fully saturated rings. The van der Waals surface area contributed by atoms with Crippen LogP contribution in [0.2, 0.25) is 0 Å². The van der Waals surface area contributed by atoms with E-state index in [0.29, 0.717) is 0 Å². The minimum atomic E-state index is -0.553. The fourth-order valence-corrected chi connectivity index (χ4v) is 2.39. The van der Waals surface area contributed by atoms with E-state index in [1.165, 1.54) is 0 Å². The molecule has 0 aromatic heterocycles. The number of rotatable bonds is 5. The zero-order chi connectivity index (χ0) is 17.8. The van der Waals surface area contributed by atoms with Crippen LogP contribution in [0.15, 0.2) is 30.3 Å². The van der Waals surface area contributed by atoms with Gasteiger partial charge in [0.2, 0.25) is 0 Å². The fourth-order valence-electron chi connectivity index (χ4n) is 2.39. The van der Waals surface area contributed by atoms with Gasteiger partial charge in [0.25, 0.3) is 0 Å². The molecule has 24 heavy (non-hydrogen) atoms. The molecule has 1 saturated carbocycles. The van der Waals surface area contributed by atoms with Gasteiger partial charge in [-0.15, -0.1) is 0 Å². The van der Waals surface area contributed by atoms with Crippen LogP contribution in [-0.4, -0.2) is 29.4 Å². The topological polar surface area (TPSA) is 76.7 Å². The van der Waals surface area contributed by atoms with Crippen molar-refractivity contribution in [3.05, 3.63) is 35.9 Å². The molecule has 2 rings (SSSR count). The van der Waals surface area contributed by atoms with Gasteiger partial charge in [0.15, 0.2) is 0 Å². The van der Waals surface area contributed by atoms with E-state index in [2.05, 4.69) is 10.6 Å². The molecule has 6 nitrogen and oxygen atoms in total. The zero-order valence-corrected chi connectivity index (χ0v) is 14.7. The number of benzene rings is 1. The van der Waals surface area contributed by atoms with E-state index in [0.717, 1.165) is 18.4 Å². The van der Waals surface area contributed by atoms with Crippen LogP contribution >= 0.6 is 0 Å². The molecule has 1 aliphatic rings. The average Bonchev–Trinajstić information content (AvgIpc) is 3.25. The molecule has 0 heterocycles. The number of ether oxygens (including phenoxy) is 2. The molecule has 2 N–H and O–H groups in total. The highest BCUT2D eigenvalue weighted by atomic mass is 16.6. The lowest BCUT2D eigenvalue weighted by atomic mass is 10.1. The SMILES string of the molecule is C[C@@H](NC(=O)OC(C)(C)C)C1(NC(=O)OCc2ccccc2)CC1. The van der Waals surface area contributed by atoms with Crippen molar-refractivity contribution in [2.24, 2.45) is 0 Å². The van der Waals surface area contributed by atoms with Gasteiger partial charge in [0.05, 0.1) is 11.6 Å². The van der Waals surface area contributed by atoms with Gasteiger partial charge in [0, 0.05) is 0 Å². The fraction of sp³-hybridized carbons (Fsp3) is 0.556. The third-order valence-corrected chi connectivity index (χ3v) is 3.91. The quantitative estimate of drug-likeness (QED) is 0.865. The van der Waals surface area contributed by atoms with Crippen molar-refractivity contribution in [3.8, 4) is 0 Å². The van der Waals surface area contributed by atoms with E-state index >= 15 is 0 Å². The maximum absolute atomic E-state index is 12.0. The summed E-state index contributed by atoms with van der Waals surface area (Å²) in [5.41, 5.74) is -0.0785. The minimum Gasteiger partial charge on any atom is -0.445 e. The summed E-state index contributed by atoms with van der Waals surface area (Å²) >= 11 is 0. The summed E-state index contributed by atoms with van der Waals surface area (Å²) in [6.07, 6.45) is 0.629.